The molecule has 0 radical (unpaired) electrons. The van der Waals surface area contributed by atoms with Gasteiger partial charge in [0.2, 0.25) is 5.91 Å². The number of rotatable bonds is 5. The van der Waals surface area contributed by atoms with Gasteiger partial charge in [0.15, 0.2) is 0 Å². The van der Waals surface area contributed by atoms with Crippen LogP contribution in [0.5, 0.6) is 0 Å². The minimum absolute atomic E-state index is 0.137. The second-order valence-corrected chi connectivity index (χ2v) is 6.65. The SMILES string of the molecule is CC(O)CNC(=O)Cc1csc(-c2ccc(Cl)s2)n1. The van der Waals surface area contributed by atoms with Crippen LogP contribution in [0.25, 0.3) is 9.88 Å². The second-order valence-electron chi connectivity index (χ2n) is 4.08. The first kappa shape index (κ1) is 14.5. The van der Waals surface area contributed by atoms with Gasteiger partial charge in [0.05, 0.1) is 27.4 Å². The standard InChI is InChI=1S/C12H13ClN2O2S2/c1-7(16)5-14-11(17)4-8-6-18-12(15-8)9-2-3-10(13)19-9/h2-3,6-7,16H,4-5H2,1H3,(H,14,17). The van der Waals surface area contributed by atoms with E-state index >= 15 is 0 Å². The molecule has 0 spiro atoms. The van der Waals surface area contributed by atoms with Crippen LogP contribution >= 0.6 is 34.3 Å². The summed E-state index contributed by atoms with van der Waals surface area (Å²) in [7, 11) is 0. The number of thiophene rings is 1. The molecule has 0 aromatic carbocycles. The zero-order valence-electron chi connectivity index (χ0n) is 10.2. The molecule has 0 aliphatic carbocycles. The maximum absolute atomic E-state index is 11.6. The number of hydrogen-bond donors (Lipinski definition) is 2. The molecule has 1 amide bonds. The Hall–Kier alpha value is -0.950. The Bertz CT molecular complexity index is 566. The molecule has 2 N–H and O–H groups in total. The van der Waals surface area contributed by atoms with E-state index in [0.29, 0.717) is 0 Å². The minimum Gasteiger partial charge on any atom is -0.392 e. The maximum Gasteiger partial charge on any atom is 0.226 e. The number of amides is 1. The average Bonchev–Trinajstić information content (AvgIpc) is 2.95. The largest absolute Gasteiger partial charge is 0.392 e. The van der Waals surface area contributed by atoms with E-state index in [2.05, 4.69) is 10.3 Å². The van der Waals surface area contributed by atoms with Gasteiger partial charge in [-0.05, 0) is 19.1 Å². The van der Waals surface area contributed by atoms with Crippen LogP contribution in [0.4, 0.5) is 0 Å². The fourth-order valence-electron chi connectivity index (χ4n) is 1.42. The summed E-state index contributed by atoms with van der Waals surface area (Å²) >= 11 is 8.84. The first-order valence-corrected chi connectivity index (χ1v) is 7.77. The number of thiazole rings is 1. The number of hydrogen-bond acceptors (Lipinski definition) is 5. The van der Waals surface area contributed by atoms with E-state index in [9.17, 15) is 4.79 Å². The van der Waals surface area contributed by atoms with Crippen LogP contribution in [0, 0.1) is 0 Å². The lowest BCUT2D eigenvalue weighted by molar-refractivity contribution is -0.120. The molecule has 1 atom stereocenters. The number of nitrogens with one attached hydrogen (secondary N) is 1. The highest BCUT2D eigenvalue weighted by atomic mass is 35.5. The zero-order chi connectivity index (χ0) is 13.8. The molecule has 0 bridgehead atoms. The van der Waals surface area contributed by atoms with Crippen LogP contribution in [-0.2, 0) is 11.2 Å². The molecule has 0 aliphatic heterocycles. The van der Waals surface area contributed by atoms with E-state index < -0.39 is 6.10 Å². The molecule has 2 aromatic heterocycles. The van der Waals surface area contributed by atoms with E-state index in [1.54, 1.807) is 6.92 Å². The molecular formula is C12H13ClN2O2S2. The molecule has 0 saturated heterocycles. The summed E-state index contributed by atoms with van der Waals surface area (Å²) in [4.78, 5) is 17.0. The van der Waals surface area contributed by atoms with Crippen LogP contribution in [-0.4, -0.2) is 28.6 Å². The zero-order valence-corrected chi connectivity index (χ0v) is 12.6. The highest BCUT2D eigenvalue weighted by Crippen LogP contribution is 2.32. The van der Waals surface area contributed by atoms with Crippen molar-refractivity contribution in [2.45, 2.75) is 19.4 Å². The van der Waals surface area contributed by atoms with Crippen molar-refractivity contribution in [1.82, 2.24) is 10.3 Å². The normalized spacial score (nSPS) is 12.4. The summed E-state index contributed by atoms with van der Waals surface area (Å²) in [5.74, 6) is -0.137. The Morgan fingerprint density at radius 2 is 2.37 bits per heavy atom. The number of carbonyl (C=O) groups excluding carboxylic acids is 1. The Kier molecular flexibility index (Phi) is 4.93. The van der Waals surface area contributed by atoms with Gasteiger partial charge in [-0.1, -0.05) is 11.6 Å². The number of aromatic nitrogens is 1. The van der Waals surface area contributed by atoms with Crippen molar-refractivity contribution in [2.24, 2.45) is 0 Å². The molecule has 19 heavy (non-hydrogen) atoms. The third-order valence-corrected chi connectivity index (χ3v) is 4.56. The molecular weight excluding hydrogens is 304 g/mol. The number of nitrogens with zero attached hydrogens (tertiary/aromatic N) is 1. The number of aliphatic hydroxyl groups is 1. The Balaban J connectivity index is 1.96. The lowest BCUT2D eigenvalue weighted by Gasteiger charge is -2.05. The maximum atomic E-state index is 11.6. The number of carbonyl (C=O) groups is 1. The molecule has 2 rings (SSSR count). The van der Waals surface area contributed by atoms with Gasteiger partial charge in [-0.25, -0.2) is 4.98 Å². The molecule has 0 aliphatic rings. The predicted molar refractivity (Wildman–Crippen MR) is 78.8 cm³/mol. The minimum atomic E-state index is -0.539. The van der Waals surface area contributed by atoms with E-state index in [0.717, 1.165) is 19.9 Å². The molecule has 7 heteroatoms. The quantitative estimate of drug-likeness (QED) is 0.891. The lowest BCUT2D eigenvalue weighted by Crippen LogP contribution is -2.31. The van der Waals surface area contributed by atoms with Gasteiger partial charge in [0.1, 0.15) is 5.01 Å². The van der Waals surface area contributed by atoms with Gasteiger partial charge in [-0.3, -0.25) is 4.79 Å². The van der Waals surface area contributed by atoms with Crippen molar-refractivity contribution in [2.75, 3.05) is 6.54 Å². The summed E-state index contributed by atoms with van der Waals surface area (Å²) in [6.07, 6.45) is -0.314. The van der Waals surface area contributed by atoms with Gasteiger partial charge < -0.3 is 10.4 Å². The third-order valence-electron chi connectivity index (χ3n) is 2.27. The molecule has 0 saturated carbocycles. The van der Waals surface area contributed by atoms with Gasteiger partial charge in [-0.2, -0.15) is 0 Å². The van der Waals surface area contributed by atoms with E-state index in [-0.39, 0.29) is 18.9 Å². The molecule has 2 aromatic rings. The smallest absolute Gasteiger partial charge is 0.226 e. The highest BCUT2D eigenvalue weighted by Gasteiger charge is 2.10. The molecule has 0 fully saturated rings. The highest BCUT2D eigenvalue weighted by molar-refractivity contribution is 7.23. The molecule has 2 heterocycles. The summed E-state index contributed by atoms with van der Waals surface area (Å²) in [5, 5.41) is 14.5. The van der Waals surface area contributed by atoms with Gasteiger partial charge in [-0.15, -0.1) is 22.7 Å². The molecule has 102 valence electrons. The second kappa shape index (κ2) is 6.47. The van der Waals surface area contributed by atoms with Gasteiger partial charge >= 0.3 is 0 Å². The Morgan fingerprint density at radius 1 is 1.58 bits per heavy atom. The van der Waals surface area contributed by atoms with Crippen LogP contribution in [0.15, 0.2) is 17.5 Å². The van der Waals surface area contributed by atoms with Crippen molar-refractivity contribution in [1.29, 1.82) is 0 Å². The first-order chi connectivity index (χ1) is 9.04. The summed E-state index contributed by atoms with van der Waals surface area (Å²) in [6.45, 7) is 1.89. The molecule has 4 nitrogen and oxygen atoms in total. The van der Waals surface area contributed by atoms with E-state index in [1.807, 2.05) is 17.5 Å². The lowest BCUT2D eigenvalue weighted by atomic mass is 10.3. The third kappa shape index (κ3) is 4.28. The summed E-state index contributed by atoms with van der Waals surface area (Å²) < 4.78 is 0.724. The van der Waals surface area contributed by atoms with Crippen LogP contribution < -0.4 is 5.32 Å². The summed E-state index contributed by atoms with van der Waals surface area (Å²) in [5.41, 5.74) is 0.729. The monoisotopic (exact) mass is 316 g/mol. The number of halogens is 1. The van der Waals surface area contributed by atoms with E-state index in [1.165, 1.54) is 22.7 Å². The van der Waals surface area contributed by atoms with Crippen molar-refractivity contribution >= 4 is 40.2 Å². The van der Waals surface area contributed by atoms with Crippen molar-refractivity contribution in [3.8, 4) is 9.88 Å². The molecule has 1 unspecified atom stereocenters. The predicted octanol–water partition coefficient (Wildman–Crippen LogP) is 2.56. The van der Waals surface area contributed by atoms with Crippen LogP contribution in [0.1, 0.15) is 12.6 Å². The van der Waals surface area contributed by atoms with Crippen LogP contribution in [0.3, 0.4) is 0 Å². The van der Waals surface area contributed by atoms with Crippen molar-refractivity contribution < 1.29 is 9.90 Å². The Morgan fingerprint density at radius 3 is 3.00 bits per heavy atom. The Labute approximate surface area is 124 Å². The number of aliphatic hydroxyl groups excluding tert-OH is 1. The van der Waals surface area contributed by atoms with Crippen molar-refractivity contribution in [3.05, 3.63) is 27.5 Å². The van der Waals surface area contributed by atoms with Crippen LogP contribution in [0.2, 0.25) is 4.34 Å². The van der Waals surface area contributed by atoms with E-state index in [4.69, 9.17) is 16.7 Å². The fraction of sp³-hybridized carbons (Fsp3) is 0.333. The van der Waals surface area contributed by atoms with Crippen molar-refractivity contribution in [3.63, 3.8) is 0 Å². The average molecular weight is 317 g/mol. The van der Waals surface area contributed by atoms with Gasteiger partial charge in [0.25, 0.3) is 0 Å². The van der Waals surface area contributed by atoms with Gasteiger partial charge in [0, 0.05) is 11.9 Å². The fourth-order valence-corrected chi connectivity index (χ4v) is 3.35. The summed E-state index contributed by atoms with van der Waals surface area (Å²) in [6, 6.07) is 3.75. The topological polar surface area (TPSA) is 62.2 Å². The first-order valence-electron chi connectivity index (χ1n) is 5.69.